The molecule has 0 saturated carbocycles. The number of halogens is 1. The summed E-state index contributed by atoms with van der Waals surface area (Å²) in [5.41, 5.74) is 0.446. The quantitative estimate of drug-likeness (QED) is 0.649. The van der Waals surface area contributed by atoms with Gasteiger partial charge in [0.1, 0.15) is 17.1 Å². The lowest BCUT2D eigenvalue weighted by molar-refractivity contribution is -0.123. The van der Waals surface area contributed by atoms with Crippen molar-refractivity contribution in [2.24, 2.45) is 0 Å². The van der Waals surface area contributed by atoms with Crippen molar-refractivity contribution < 1.29 is 33.3 Å². The number of amides is 1. The van der Waals surface area contributed by atoms with Gasteiger partial charge in [-0.25, -0.2) is 4.79 Å². The molecule has 156 valence electrons. The van der Waals surface area contributed by atoms with Crippen LogP contribution in [0.1, 0.15) is 17.3 Å². The minimum atomic E-state index is -1.11. The molecule has 0 spiro atoms. The van der Waals surface area contributed by atoms with Crippen LogP contribution in [0.3, 0.4) is 0 Å². The zero-order valence-electron chi connectivity index (χ0n) is 16.7. The third kappa shape index (κ3) is 5.23. The van der Waals surface area contributed by atoms with Crippen LogP contribution in [0.5, 0.6) is 23.0 Å². The monoisotopic (exact) mass is 423 g/mol. The first-order valence-corrected chi connectivity index (χ1v) is 8.87. The van der Waals surface area contributed by atoms with Crippen LogP contribution in [0.2, 0.25) is 5.02 Å². The Morgan fingerprint density at radius 2 is 1.45 bits per heavy atom. The molecule has 9 heteroatoms. The molecule has 0 aliphatic rings. The van der Waals surface area contributed by atoms with Crippen LogP contribution in [0, 0.1) is 0 Å². The van der Waals surface area contributed by atoms with Gasteiger partial charge >= 0.3 is 5.97 Å². The topological polar surface area (TPSA) is 92.3 Å². The van der Waals surface area contributed by atoms with Crippen LogP contribution >= 0.6 is 11.6 Å². The number of carbonyl (C=O) groups excluding carboxylic acids is 2. The maximum atomic E-state index is 12.6. The second kappa shape index (κ2) is 9.88. The Kier molecular flexibility index (Phi) is 7.55. The van der Waals surface area contributed by atoms with Crippen molar-refractivity contribution in [3.63, 3.8) is 0 Å². The predicted octanol–water partition coefficient (Wildman–Crippen LogP) is 3.56. The Balaban J connectivity index is 2.18. The third-order valence-corrected chi connectivity index (χ3v) is 4.23. The van der Waals surface area contributed by atoms with Crippen molar-refractivity contribution in [1.29, 1.82) is 0 Å². The maximum absolute atomic E-state index is 12.6. The summed E-state index contributed by atoms with van der Waals surface area (Å²) in [6, 6.07) is 7.69. The molecular weight excluding hydrogens is 402 g/mol. The molecule has 1 amide bonds. The van der Waals surface area contributed by atoms with Crippen LogP contribution in [-0.2, 0) is 9.53 Å². The van der Waals surface area contributed by atoms with Gasteiger partial charge in [-0.3, -0.25) is 4.79 Å². The standard InChI is InChI=1S/C20H22ClNO7/c1-11(19(23)22-14-8-12(21)6-7-15(14)25-2)29-20(24)13-9-17(27-4)18(28-5)10-16(13)26-3/h6-11H,1-5H3,(H,22,23). The normalized spacial score (nSPS) is 11.2. The number of hydrogen-bond acceptors (Lipinski definition) is 7. The fourth-order valence-electron chi connectivity index (χ4n) is 2.48. The lowest BCUT2D eigenvalue weighted by Gasteiger charge is -2.17. The fourth-order valence-corrected chi connectivity index (χ4v) is 2.65. The van der Waals surface area contributed by atoms with E-state index in [1.54, 1.807) is 12.1 Å². The maximum Gasteiger partial charge on any atom is 0.342 e. The highest BCUT2D eigenvalue weighted by atomic mass is 35.5. The Morgan fingerprint density at radius 1 is 0.862 bits per heavy atom. The van der Waals surface area contributed by atoms with Crippen molar-refractivity contribution in [3.8, 4) is 23.0 Å². The van der Waals surface area contributed by atoms with Gasteiger partial charge in [0, 0.05) is 17.2 Å². The molecule has 29 heavy (non-hydrogen) atoms. The van der Waals surface area contributed by atoms with Gasteiger partial charge in [-0.1, -0.05) is 11.6 Å². The van der Waals surface area contributed by atoms with Crippen molar-refractivity contribution in [1.82, 2.24) is 0 Å². The summed E-state index contributed by atoms with van der Waals surface area (Å²) in [6.45, 7) is 1.44. The molecule has 1 unspecified atom stereocenters. The van der Waals surface area contributed by atoms with E-state index in [-0.39, 0.29) is 11.3 Å². The van der Waals surface area contributed by atoms with Crippen molar-refractivity contribution in [2.45, 2.75) is 13.0 Å². The van der Waals surface area contributed by atoms with Crippen molar-refractivity contribution in [3.05, 3.63) is 40.9 Å². The minimum Gasteiger partial charge on any atom is -0.496 e. The Bertz CT molecular complexity index is 901. The van der Waals surface area contributed by atoms with E-state index in [9.17, 15) is 9.59 Å². The SMILES string of the molecule is COc1ccc(Cl)cc1NC(=O)C(C)OC(=O)c1cc(OC)c(OC)cc1OC. The number of methoxy groups -OCH3 is 4. The molecule has 0 bridgehead atoms. The minimum absolute atomic E-state index is 0.0881. The van der Waals surface area contributed by atoms with Gasteiger partial charge in [0.15, 0.2) is 17.6 Å². The molecule has 8 nitrogen and oxygen atoms in total. The summed E-state index contributed by atoms with van der Waals surface area (Å²) in [5, 5.41) is 3.04. The second-order valence-electron chi connectivity index (χ2n) is 5.79. The lowest BCUT2D eigenvalue weighted by atomic mass is 10.1. The fraction of sp³-hybridized carbons (Fsp3) is 0.300. The molecule has 0 fully saturated rings. The molecular formula is C20H22ClNO7. The van der Waals surface area contributed by atoms with Gasteiger partial charge in [0.05, 0.1) is 34.1 Å². The van der Waals surface area contributed by atoms with Crippen LogP contribution in [0.4, 0.5) is 5.69 Å². The van der Waals surface area contributed by atoms with Crippen LogP contribution < -0.4 is 24.3 Å². The molecule has 0 aliphatic heterocycles. The van der Waals surface area contributed by atoms with E-state index in [4.69, 9.17) is 35.3 Å². The molecule has 1 atom stereocenters. The zero-order chi connectivity index (χ0) is 21.6. The summed E-state index contributed by atoms with van der Waals surface area (Å²) in [6.07, 6.45) is -1.11. The molecule has 2 rings (SSSR count). The Labute approximate surface area is 173 Å². The zero-order valence-corrected chi connectivity index (χ0v) is 17.5. The van der Waals surface area contributed by atoms with Crippen LogP contribution in [0.15, 0.2) is 30.3 Å². The molecule has 0 heterocycles. The molecule has 0 radical (unpaired) electrons. The first kappa shape index (κ1) is 22.2. The van der Waals surface area contributed by atoms with E-state index in [1.807, 2.05) is 0 Å². The van der Waals surface area contributed by atoms with E-state index in [1.165, 1.54) is 53.6 Å². The van der Waals surface area contributed by atoms with E-state index in [0.717, 1.165) is 0 Å². The summed E-state index contributed by atoms with van der Waals surface area (Å²) in [4.78, 5) is 25.1. The number of ether oxygens (including phenoxy) is 5. The molecule has 2 aromatic rings. The number of benzene rings is 2. The second-order valence-corrected chi connectivity index (χ2v) is 6.23. The first-order valence-electron chi connectivity index (χ1n) is 8.50. The van der Waals surface area contributed by atoms with E-state index in [0.29, 0.717) is 28.0 Å². The summed E-state index contributed by atoms with van der Waals surface area (Å²) >= 11 is 5.96. The summed E-state index contributed by atoms with van der Waals surface area (Å²) in [5.74, 6) is 0.0299. The van der Waals surface area contributed by atoms with Crippen LogP contribution in [-0.4, -0.2) is 46.4 Å². The summed E-state index contributed by atoms with van der Waals surface area (Å²) in [7, 11) is 5.77. The Hall–Kier alpha value is -3.13. The van der Waals surface area contributed by atoms with Gasteiger partial charge in [-0.05, 0) is 25.1 Å². The number of nitrogens with one attached hydrogen (secondary N) is 1. The lowest BCUT2D eigenvalue weighted by Crippen LogP contribution is -2.30. The molecule has 0 saturated heterocycles. The smallest absolute Gasteiger partial charge is 0.342 e. The molecule has 0 aromatic heterocycles. The average molecular weight is 424 g/mol. The van der Waals surface area contributed by atoms with Crippen molar-refractivity contribution >= 4 is 29.2 Å². The number of rotatable bonds is 8. The molecule has 2 aromatic carbocycles. The highest BCUT2D eigenvalue weighted by Gasteiger charge is 2.24. The van der Waals surface area contributed by atoms with E-state index >= 15 is 0 Å². The van der Waals surface area contributed by atoms with Gasteiger partial charge in [-0.2, -0.15) is 0 Å². The third-order valence-electron chi connectivity index (χ3n) is 4.00. The van der Waals surface area contributed by atoms with Crippen molar-refractivity contribution in [2.75, 3.05) is 33.8 Å². The van der Waals surface area contributed by atoms with Crippen LogP contribution in [0.25, 0.3) is 0 Å². The number of esters is 1. The number of carbonyl (C=O) groups is 2. The predicted molar refractivity (Wildman–Crippen MR) is 108 cm³/mol. The van der Waals surface area contributed by atoms with E-state index < -0.39 is 18.0 Å². The average Bonchev–Trinajstić information content (AvgIpc) is 2.72. The first-order chi connectivity index (χ1) is 13.8. The summed E-state index contributed by atoms with van der Waals surface area (Å²) < 4.78 is 26.1. The van der Waals surface area contributed by atoms with Gasteiger partial charge in [0.2, 0.25) is 0 Å². The molecule has 1 N–H and O–H groups in total. The molecule has 0 aliphatic carbocycles. The number of hydrogen-bond donors (Lipinski definition) is 1. The van der Waals surface area contributed by atoms with Gasteiger partial charge < -0.3 is 29.0 Å². The highest BCUT2D eigenvalue weighted by Crippen LogP contribution is 2.35. The Morgan fingerprint density at radius 3 is 2.03 bits per heavy atom. The van der Waals surface area contributed by atoms with Gasteiger partial charge in [0.25, 0.3) is 5.91 Å². The van der Waals surface area contributed by atoms with E-state index in [2.05, 4.69) is 5.32 Å². The largest absolute Gasteiger partial charge is 0.496 e. The number of anilines is 1. The van der Waals surface area contributed by atoms with Gasteiger partial charge in [-0.15, -0.1) is 0 Å². The highest BCUT2D eigenvalue weighted by molar-refractivity contribution is 6.31.